The van der Waals surface area contributed by atoms with E-state index in [2.05, 4.69) is 42.3 Å². The molecular formula is C16H24N2. The maximum Gasteiger partial charge on any atom is 0.0369 e. The number of nitrogens with zero attached hydrogens (tertiary/aromatic N) is 1. The normalized spacial score (nSPS) is 23.7. The van der Waals surface area contributed by atoms with E-state index in [-0.39, 0.29) is 0 Å². The molecule has 0 radical (unpaired) electrons. The van der Waals surface area contributed by atoms with Gasteiger partial charge in [-0.25, -0.2) is 0 Å². The van der Waals surface area contributed by atoms with Gasteiger partial charge in [-0.1, -0.05) is 6.07 Å². The summed E-state index contributed by atoms with van der Waals surface area (Å²) in [6.07, 6.45) is 4.13. The Morgan fingerprint density at radius 3 is 2.72 bits per heavy atom. The predicted octanol–water partition coefficient (Wildman–Crippen LogP) is 2.88. The Morgan fingerprint density at radius 1 is 1.17 bits per heavy atom. The number of rotatable bonds is 4. The van der Waals surface area contributed by atoms with Crippen molar-refractivity contribution in [1.29, 1.82) is 0 Å². The molecule has 2 nitrogen and oxygen atoms in total. The molecule has 1 aliphatic carbocycles. The topological polar surface area (TPSA) is 15.3 Å². The molecule has 98 valence electrons. The maximum atomic E-state index is 3.66. The summed E-state index contributed by atoms with van der Waals surface area (Å²) in [6.45, 7) is 8.06. The molecule has 0 aromatic heterocycles. The van der Waals surface area contributed by atoms with Crippen LogP contribution < -0.4 is 10.2 Å². The first-order valence-corrected chi connectivity index (χ1v) is 7.28. The van der Waals surface area contributed by atoms with Crippen molar-refractivity contribution in [2.24, 2.45) is 5.92 Å². The smallest absolute Gasteiger partial charge is 0.0369 e. The van der Waals surface area contributed by atoms with Crippen LogP contribution in [0.3, 0.4) is 0 Å². The number of nitrogens with one attached hydrogen (secondary N) is 1. The summed E-state index contributed by atoms with van der Waals surface area (Å²) in [7, 11) is 0. The van der Waals surface area contributed by atoms with E-state index in [0.717, 1.165) is 12.0 Å². The van der Waals surface area contributed by atoms with Crippen LogP contribution in [0.25, 0.3) is 0 Å². The fraction of sp³-hybridized carbons (Fsp3) is 0.625. The van der Waals surface area contributed by atoms with Gasteiger partial charge in [0.1, 0.15) is 0 Å². The van der Waals surface area contributed by atoms with Gasteiger partial charge in [0.15, 0.2) is 0 Å². The zero-order chi connectivity index (χ0) is 12.5. The molecule has 1 saturated heterocycles. The quantitative estimate of drug-likeness (QED) is 0.876. The van der Waals surface area contributed by atoms with Crippen molar-refractivity contribution < 1.29 is 0 Å². The van der Waals surface area contributed by atoms with Crippen LogP contribution in [0.1, 0.15) is 30.4 Å². The second kappa shape index (κ2) is 4.93. The minimum Gasteiger partial charge on any atom is -0.371 e. The summed E-state index contributed by atoms with van der Waals surface area (Å²) >= 11 is 0. The molecule has 0 amide bonds. The summed E-state index contributed by atoms with van der Waals surface area (Å²) in [6, 6.07) is 7.71. The molecule has 1 heterocycles. The van der Waals surface area contributed by atoms with Gasteiger partial charge in [0.05, 0.1) is 0 Å². The molecule has 1 saturated carbocycles. The van der Waals surface area contributed by atoms with Crippen LogP contribution >= 0.6 is 0 Å². The second-order valence-electron chi connectivity index (χ2n) is 6.05. The molecule has 1 aliphatic heterocycles. The van der Waals surface area contributed by atoms with E-state index in [1.807, 2.05) is 0 Å². The number of aryl methyl sites for hydroxylation is 2. The highest BCUT2D eigenvalue weighted by molar-refractivity contribution is 5.51. The SMILES string of the molecule is Cc1ccc(N2CCC(CNC3CC3)C2)cc1C. The van der Waals surface area contributed by atoms with Crippen LogP contribution in [-0.4, -0.2) is 25.7 Å². The molecule has 3 rings (SSSR count). The van der Waals surface area contributed by atoms with Crippen LogP contribution in [0.15, 0.2) is 18.2 Å². The molecule has 2 aliphatic rings. The molecule has 2 heteroatoms. The van der Waals surface area contributed by atoms with Crippen LogP contribution in [0.5, 0.6) is 0 Å². The van der Waals surface area contributed by atoms with Gasteiger partial charge in [-0.05, 0) is 68.8 Å². The third-order valence-electron chi connectivity index (χ3n) is 4.41. The first-order chi connectivity index (χ1) is 8.72. The Morgan fingerprint density at radius 2 is 2.00 bits per heavy atom. The highest BCUT2D eigenvalue weighted by atomic mass is 15.2. The molecule has 1 aromatic carbocycles. The van der Waals surface area contributed by atoms with Gasteiger partial charge in [-0.15, -0.1) is 0 Å². The first kappa shape index (κ1) is 12.0. The van der Waals surface area contributed by atoms with Crippen molar-refractivity contribution in [3.63, 3.8) is 0 Å². The summed E-state index contributed by atoms with van der Waals surface area (Å²) in [4.78, 5) is 2.55. The molecule has 18 heavy (non-hydrogen) atoms. The number of hydrogen-bond donors (Lipinski definition) is 1. The Kier molecular flexibility index (Phi) is 3.29. The predicted molar refractivity (Wildman–Crippen MR) is 77.3 cm³/mol. The fourth-order valence-electron chi connectivity index (χ4n) is 2.78. The van der Waals surface area contributed by atoms with E-state index in [4.69, 9.17) is 0 Å². The molecule has 2 fully saturated rings. The van der Waals surface area contributed by atoms with Gasteiger partial charge >= 0.3 is 0 Å². The number of hydrogen-bond acceptors (Lipinski definition) is 2. The van der Waals surface area contributed by atoms with Gasteiger partial charge in [0.25, 0.3) is 0 Å². The molecule has 0 spiro atoms. The fourth-order valence-corrected chi connectivity index (χ4v) is 2.78. The van der Waals surface area contributed by atoms with Crippen LogP contribution in [0.4, 0.5) is 5.69 Å². The van der Waals surface area contributed by atoms with Crippen molar-refractivity contribution in [3.8, 4) is 0 Å². The highest BCUT2D eigenvalue weighted by Gasteiger charge is 2.26. The lowest BCUT2D eigenvalue weighted by Gasteiger charge is -2.20. The van der Waals surface area contributed by atoms with Gasteiger partial charge < -0.3 is 10.2 Å². The van der Waals surface area contributed by atoms with Gasteiger partial charge in [0, 0.05) is 24.8 Å². The minimum atomic E-state index is 0.840. The van der Waals surface area contributed by atoms with Crippen LogP contribution in [-0.2, 0) is 0 Å². The average molecular weight is 244 g/mol. The lowest BCUT2D eigenvalue weighted by Crippen LogP contribution is -2.27. The third kappa shape index (κ3) is 2.69. The summed E-state index contributed by atoms with van der Waals surface area (Å²) in [5.41, 5.74) is 4.21. The molecule has 1 atom stereocenters. The molecule has 1 N–H and O–H groups in total. The van der Waals surface area contributed by atoms with E-state index in [1.54, 1.807) is 0 Å². The summed E-state index contributed by atoms with van der Waals surface area (Å²) in [5.74, 6) is 0.840. The monoisotopic (exact) mass is 244 g/mol. The Balaban J connectivity index is 1.58. The van der Waals surface area contributed by atoms with Gasteiger partial charge in [-0.2, -0.15) is 0 Å². The van der Waals surface area contributed by atoms with E-state index in [0.29, 0.717) is 0 Å². The van der Waals surface area contributed by atoms with E-state index >= 15 is 0 Å². The summed E-state index contributed by atoms with van der Waals surface area (Å²) in [5, 5.41) is 3.66. The Bertz CT molecular complexity index is 423. The van der Waals surface area contributed by atoms with Gasteiger partial charge in [-0.3, -0.25) is 0 Å². The zero-order valence-corrected chi connectivity index (χ0v) is 11.6. The third-order valence-corrected chi connectivity index (χ3v) is 4.41. The van der Waals surface area contributed by atoms with Crippen LogP contribution in [0, 0.1) is 19.8 Å². The van der Waals surface area contributed by atoms with Crippen molar-refractivity contribution >= 4 is 5.69 Å². The highest BCUT2D eigenvalue weighted by Crippen LogP contribution is 2.26. The van der Waals surface area contributed by atoms with Crippen molar-refractivity contribution in [2.45, 2.75) is 39.2 Å². The molecule has 1 unspecified atom stereocenters. The van der Waals surface area contributed by atoms with Crippen molar-refractivity contribution in [3.05, 3.63) is 29.3 Å². The molecule has 1 aromatic rings. The first-order valence-electron chi connectivity index (χ1n) is 7.28. The van der Waals surface area contributed by atoms with Crippen molar-refractivity contribution in [1.82, 2.24) is 5.32 Å². The number of benzene rings is 1. The molecule has 0 bridgehead atoms. The van der Waals surface area contributed by atoms with Gasteiger partial charge in [0.2, 0.25) is 0 Å². The standard InChI is InChI=1S/C16H24N2/c1-12-3-6-16(9-13(12)2)18-8-7-14(11-18)10-17-15-4-5-15/h3,6,9,14-15,17H,4-5,7-8,10-11H2,1-2H3. The largest absolute Gasteiger partial charge is 0.371 e. The Hall–Kier alpha value is -1.02. The van der Waals surface area contributed by atoms with Crippen molar-refractivity contribution in [2.75, 3.05) is 24.5 Å². The van der Waals surface area contributed by atoms with E-state index in [9.17, 15) is 0 Å². The number of anilines is 1. The maximum absolute atomic E-state index is 3.66. The lowest BCUT2D eigenvalue weighted by atomic mass is 10.1. The second-order valence-corrected chi connectivity index (χ2v) is 6.05. The molecular weight excluding hydrogens is 220 g/mol. The minimum absolute atomic E-state index is 0.840. The lowest BCUT2D eigenvalue weighted by molar-refractivity contribution is 0.515. The van der Waals surface area contributed by atoms with E-state index < -0.39 is 0 Å². The Labute approximate surface area is 110 Å². The average Bonchev–Trinajstić information content (AvgIpc) is 3.08. The van der Waals surface area contributed by atoms with Crippen LogP contribution in [0.2, 0.25) is 0 Å². The van der Waals surface area contributed by atoms with E-state index in [1.165, 1.54) is 55.7 Å². The zero-order valence-electron chi connectivity index (χ0n) is 11.6. The summed E-state index contributed by atoms with van der Waals surface area (Å²) < 4.78 is 0.